The molecule has 132 valence electrons. The molecule has 2 amide bonds. The van der Waals surface area contributed by atoms with E-state index in [2.05, 4.69) is 15.4 Å². The lowest BCUT2D eigenvalue weighted by atomic mass is 10.1. The van der Waals surface area contributed by atoms with Crippen molar-refractivity contribution < 1.29 is 27.5 Å². The maximum absolute atomic E-state index is 12.9. The molecule has 5 nitrogen and oxygen atoms in total. The Balaban J connectivity index is 2.31. The molecule has 9 heteroatoms. The quantitative estimate of drug-likeness (QED) is 0.510. The summed E-state index contributed by atoms with van der Waals surface area (Å²) < 4.78 is 43.9. The van der Waals surface area contributed by atoms with Crippen molar-refractivity contribution in [2.24, 2.45) is 0 Å². The van der Waals surface area contributed by atoms with Crippen LogP contribution in [0.3, 0.4) is 0 Å². The second-order valence-corrected chi connectivity index (χ2v) is 5.97. The highest BCUT2D eigenvalue weighted by Crippen LogP contribution is 2.32. The third kappa shape index (κ3) is 4.84. The van der Waals surface area contributed by atoms with E-state index in [9.17, 15) is 22.8 Å². The summed E-state index contributed by atoms with van der Waals surface area (Å²) in [5.41, 5.74) is -1.00. The molecule has 0 aliphatic rings. The van der Waals surface area contributed by atoms with Crippen LogP contribution in [0.5, 0.6) is 0 Å². The molecule has 0 aliphatic heterocycles. The lowest BCUT2D eigenvalue weighted by Gasteiger charge is -2.14. The minimum absolute atomic E-state index is 0.187. The van der Waals surface area contributed by atoms with Gasteiger partial charge in [0.05, 0.1) is 29.6 Å². The second kappa shape index (κ2) is 7.72. The zero-order valence-electron chi connectivity index (χ0n) is 12.8. The number of hydrogen-bond acceptors (Lipinski definition) is 3. The molecule has 0 fully saturated rings. The van der Waals surface area contributed by atoms with Gasteiger partial charge in [-0.3, -0.25) is 0 Å². The average molecular weight is 464 g/mol. The first-order chi connectivity index (χ1) is 11.7. The summed E-state index contributed by atoms with van der Waals surface area (Å²) in [6.07, 6.45) is -4.61. The minimum atomic E-state index is -4.61. The largest absolute Gasteiger partial charge is 0.465 e. The van der Waals surface area contributed by atoms with Crippen molar-refractivity contribution >= 4 is 46.0 Å². The smallest absolute Gasteiger partial charge is 0.416 e. The highest BCUT2D eigenvalue weighted by Gasteiger charge is 2.32. The monoisotopic (exact) mass is 464 g/mol. The Labute approximate surface area is 154 Å². The Morgan fingerprint density at radius 1 is 1.04 bits per heavy atom. The third-order valence-electron chi connectivity index (χ3n) is 3.12. The lowest BCUT2D eigenvalue weighted by molar-refractivity contribution is -0.137. The van der Waals surface area contributed by atoms with E-state index in [1.807, 2.05) is 22.6 Å². The first kappa shape index (κ1) is 19.0. The van der Waals surface area contributed by atoms with Crippen LogP contribution in [0.15, 0.2) is 42.5 Å². The summed E-state index contributed by atoms with van der Waals surface area (Å²) in [4.78, 5) is 23.8. The van der Waals surface area contributed by atoms with Gasteiger partial charge in [-0.05, 0) is 52.9 Å². The van der Waals surface area contributed by atoms with E-state index < -0.39 is 23.7 Å². The molecule has 0 saturated heterocycles. The normalized spacial score (nSPS) is 10.9. The van der Waals surface area contributed by atoms with Crippen LogP contribution < -0.4 is 10.6 Å². The molecular formula is C16H12F3IN2O3. The number of carbonyl (C=O) groups excluding carboxylic acids is 2. The van der Waals surface area contributed by atoms with Gasteiger partial charge in [0.1, 0.15) is 0 Å². The van der Waals surface area contributed by atoms with E-state index in [1.54, 1.807) is 24.3 Å². The van der Waals surface area contributed by atoms with Gasteiger partial charge in [0.2, 0.25) is 0 Å². The molecule has 0 spiro atoms. The van der Waals surface area contributed by atoms with E-state index in [1.165, 1.54) is 0 Å². The summed E-state index contributed by atoms with van der Waals surface area (Å²) >= 11 is 2.00. The number of ether oxygens (including phenoxy) is 1. The molecule has 2 N–H and O–H groups in total. The predicted octanol–water partition coefficient (Wildman–Crippen LogP) is 4.74. The van der Waals surface area contributed by atoms with Gasteiger partial charge in [0, 0.05) is 3.57 Å². The number of esters is 1. The average Bonchev–Trinajstić information content (AvgIpc) is 2.55. The molecule has 0 unspecified atom stereocenters. The molecular weight excluding hydrogens is 452 g/mol. The molecule has 0 heterocycles. The predicted molar refractivity (Wildman–Crippen MR) is 94.6 cm³/mol. The number of alkyl halides is 3. The molecule has 0 saturated carbocycles. The highest BCUT2D eigenvalue weighted by molar-refractivity contribution is 14.1. The topological polar surface area (TPSA) is 67.4 Å². The molecule has 0 aromatic heterocycles. The minimum Gasteiger partial charge on any atom is -0.465 e. The molecule has 0 atom stereocenters. The lowest BCUT2D eigenvalue weighted by Crippen LogP contribution is -2.22. The van der Waals surface area contributed by atoms with Gasteiger partial charge in [-0.15, -0.1) is 0 Å². The van der Waals surface area contributed by atoms with E-state index in [0.717, 1.165) is 22.8 Å². The number of hydrogen-bond donors (Lipinski definition) is 2. The van der Waals surface area contributed by atoms with Crippen molar-refractivity contribution in [2.75, 3.05) is 17.7 Å². The number of rotatable bonds is 3. The Morgan fingerprint density at radius 3 is 2.28 bits per heavy atom. The number of carbonyl (C=O) groups is 2. The van der Waals surface area contributed by atoms with Gasteiger partial charge < -0.3 is 15.4 Å². The molecule has 0 bridgehead atoms. The van der Waals surface area contributed by atoms with Gasteiger partial charge in [-0.25, -0.2) is 9.59 Å². The zero-order chi connectivity index (χ0) is 18.6. The summed E-state index contributed by atoms with van der Waals surface area (Å²) in [6, 6.07) is 8.45. The third-order valence-corrected chi connectivity index (χ3v) is 4.06. The second-order valence-electron chi connectivity index (χ2n) is 4.81. The number of amides is 2. The van der Waals surface area contributed by atoms with Crippen molar-refractivity contribution in [3.63, 3.8) is 0 Å². The Morgan fingerprint density at radius 2 is 1.68 bits per heavy atom. The maximum Gasteiger partial charge on any atom is 0.416 e. The first-order valence-electron chi connectivity index (χ1n) is 6.84. The van der Waals surface area contributed by atoms with E-state index in [0.29, 0.717) is 11.8 Å². The zero-order valence-corrected chi connectivity index (χ0v) is 14.9. The maximum atomic E-state index is 12.9. The van der Waals surface area contributed by atoms with Crippen molar-refractivity contribution in [3.8, 4) is 0 Å². The van der Waals surface area contributed by atoms with Crippen LogP contribution in [0.4, 0.5) is 29.3 Å². The summed E-state index contributed by atoms with van der Waals surface area (Å²) in [7, 11) is 1.09. The van der Waals surface area contributed by atoms with Crippen LogP contribution in [0.25, 0.3) is 0 Å². The highest BCUT2D eigenvalue weighted by atomic mass is 127. The summed E-state index contributed by atoms with van der Waals surface area (Å²) in [6.45, 7) is 0. The van der Waals surface area contributed by atoms with Crippen molar-refractivity contribution in [1.82, 2.24) is 0 Å². The van der Waals surface area contributed by atoms with E-state index in [4.69, 9.17) is 0 Å². The van der Waals surface area contributed by atoms with Crippen LogP contribution in [-0.2, 0) is 10.9 Å². The SMILES string of the molecule is COC(=O)c1ccc(C(F)(F)F)cc1NC(=O)Nc1ccccc1I. The van der Waals surface area contributed by atoms with Gasteiger partial charge in [0.15, 0.2) is 0 Å². The van der Waals surface area contributed by atoms with Crippen LogP contribution in [0, 0.1) is 3.57 Å². The van der Waals surface area contributed by atoms with Gasteiger partial charge in [-0.2, -0.15) is 13.2 Å². The number of benzene rings is 2. The van der Waals surface area contributed by atoms with Crippen LogP contribution in [0.1, 0.15) is 15.9 Å². The molecule has 2 aromatic rings. The number of para-hydroxylation sites is 1. The van der Waals surface area contributed by atoms with Gasteiger partial charge in [-0.1, -0.05) is 12.1 Å². The van der Waals surface area contributed by atoms with Gasteiger partial charge in [0.25, 0.3) is 0 Å². The van der Waals surface area contributed by atoms with Crippen molar-refractivity contribution in [2.45, 2.75) is 6.18 Å². The standard InChI is InChI=1S/C16H12F3IN2O3/c1-25-14(23)10-7-6-9(16(17,18)19)8-13(10)22-15(24)21-12-5-3-2-4-11(12)20/h2-8H,1H3,(H2,21,22,24). The van der Waals surface area contributed by atoms with Crippen LogP contribution >= 0.6 is 22.6 Å². The van der Waals surface area contributed by atoms with Crippen molar-refractivity contribution in [3.05, 3.63) is 57.2 Å². The first-order valence-corrected chi connectivity index (χ1v) is 7.92. The van der Waals surface area contributed by atoms with Crippen LogP contribution in [0.2, 0.25) is 0 Å². The molecule has 25 heavy (non-hydrogen) atoms. The number of halogens is 4. The fraction of sp³-hybridized carbons (Fsp3) is 0.125. The van der Waals surface area contributed by atoms with E-state index >= 15 is 0 Å². The fourth-order valence-corrected chi connectivity index (χ4v) is 2.47. The molecule has 2 aromatic carbocycles. The van der Waals surface area contributed by atoms with Gasteiger partial charge >= 0.3 is 18.2 Å². The number of nitrogens with one attached hydrogen (secondary N) is 2. The summed E-state index contributed by atoms with van der Waals surface area (Å²) in [5, 5.41) is 4.77. The Kier molecular flexibility index (Phi) is 5.88. The Hall–Kier alpha value is -2.30. The molecule has 2 rings (SSSR count). The fourth-order valence-electron chi connectivity index (χ4n) is 1.95. The number of methoxy groups -OCH3 is 1. The molecule has 0 aliphatic carbocycles. The number of anilines is 2. The van der Waals surface area contributed by atoms with Crippen molar-refractivity contribution in [1.29, 1.82) is 0 Å². The molecule has 0 radical (unpaired) electrons. The van der Waals surface area contributed by atoms with Crippen LogP contribution in [-0.4, -0.2) is 19.1 Å². The summed E-state index contributed by atoms with van der Waals surface area (Å²) in [5.74, 6) is -0.863. The Bertz CT molecular complexity index is 809. The number of urea groups is 1. The van der Waals surface area contributed by atoms with E-state index in [-0.39, 0.29) is 11.3 Å².